The fourth-order valence-electron chi connectivity index (χ4n) is 1.64. The third kappa shape index (κ3) is 3.05. The van der Waals surface area contributed by atoms with Gasteiger partial charge in [0.15, 0.2) is 0 Å². The molecule has 0 atom stereocenters. The van der Waals surface area contributed by atoms with Crippen LogP contribution in [0.1, 0.15) is 15.2 Å². The summed E-state index contributed by atoms with van der Waals surface area (Å²) in [6, 6.07) is 7.48. The average Bonchev–Trinajstić information content (AvgIpc) is 2.91. The van der Waals surface area contributed by atoms with Crippen molar-refractivity contribution in [3.05, 3.63) is 65.1 Å². The van der Waals surface area contributed by atoms with Crippen LogP contribution < -0.4 is 0 Å². The Kier molecular flexibility index (Phi) is 4.25. The number of carbonyl (C=O) groups is 1. The van der Waals surface area contributed by atoms with Crippen LogP contribution >= 0.6 is 11.3 Å². The predicted molar refractivity (Wildman–Crippen MR) is 73.5 cm³/mol. The lowest BCUT2D eigenvalue weighted by Crippen LogP contribution is -2.30. The van der Waals surface area contributed by atoms with Gasteiger partial charge in [-0.3, -0.25) is 9.78 Å². The molecule has 0 bridgehead atoms. The van der Waals surface area contributed by atoms with Gasteiger partial charge in [-0.1, -0.05) is 12.1 Å². The minimum absolute atomic E-state index is 0.00528. The molecule has 0 aliphatic heterocycles. The number of carbonyl (C=O) groups excluding carboxylic acids is 1. The molecule has 2 aromatic rings. The van der Waals surface area contributed by atoms with Crippen LogP contribution in [-0.2, 0) is 6.54 Å². The highest BCUT2D eigenvalue weighted by atomic mass is 32.1. The molecule has 92 valence electrons. The van der Waals surface area contributed by atoms with E-state index in [0.29, 0.717) is 18.7 Å². The molecule has 0 saturated heterocycles. The normalized spacial score (nSPS) is 10.0. The summed E-state index contributed by atoms with van der Waals surface area (Å²) in [4.78, 5) is 19.2. The van der Waals surface area contributed by atoms with E-state index >= 15 is 0 Å². The van der Waals surface area contributed by atoms with Crippen LogP contribution in [0.15, 0.2) is 54.7 Å². The second-order valence-electron chi connectivity index (χ2n) is 3.79. The van der Waals surface area contributed by atoms with Gasteiger partial charge in [0.2, 0.25) is 0 Å². The van der Waals surface area contributed by atoms with Crippen molar-refractivity contribution in [3.63, 3.8) is 0 Å². The summed E-state index contributed by atoms with van der Waals surface area (Å²) in [5, 5.41) is 2.01. The Morgan fingerprint density at radius 3 is 2.78 bits per heavy atom. The van der Waals surface area contributed by atoms with Crippen molar-refractivity contribution in [1.82, 2.24) is 9.88 Å². The number of hydrogen-bond acceptors (Lipinski definition) is 3. The summed E-state index contributed by atoms with van der Waals surface area (Å²) in [7, 11) is 0. The maximum atomic E-state index is 12.3. The van der Waals surface area contributed by atoms with Crippen LogP contribution in [0.5, 0.6) is 0 Å². The zero-order chi connectivity index (χ0) is 12.8. The Morgan fingerprint density at radius 2 is 2.17 bits per heavy atom. The molecule has 0 unspecified atom stereocenters. The molecule has 0 N–H and O–H groups in total. The Labute approximate surface area is 110 Å². The number of nitrogens with zero attached hydrogens (tertiary/aromatic N) is 2. The molecule has 0 spiro atoms. The zero-order valence-corrected chi connectivity index (χ0v) is 10.8. The molecule has 3 nitrogen and oxygen atoms in total. The fraction of sp³-hybridized carbons (Fsp3) is 0.143. The van der Waals surface area contributed by atoms with E-state index in [4.69, 9.17) is 0 Å². The Balaban J connectivity index is 2.14. The number of thiophene rings is 1. The maximum absolute atomic E-state index is 12.3. The first-order valence-electron chi connectivity index (χ1n) is 5.64. The van der Waals surface area contributed by atoms with E-state index < -0.39 is 0 Å². The van der Waals surface area contributed by atoms with Gasteiger partial charge in [-0.2, -0.15) is 0 Å². The Hall–Kier alpha value is -1.94. The summed E-state index contributed by atoms with van der Waals surface area (Å²) >= 11 is 1.65. The molecular formula is C14H14N2OS. The first kappa shape index (κ1) is 12.5. The van der Waals surface area contributed by atoms with Crippen molar-refractivity contribution in [3.8, 4) is 0 Å². The Bertz CT molecular complexity index is 508. The molecule has 18 heavy (non-hydrogen) atoms. The van der Waals surface area contributed by atoms with Crippen LogP contribution in [0.3, 0.4) is 0 Å². The van der Waals surface area contributed by atoms with Crippen molar-refractivity contribution in [1.29, 1.82) is 0 Å². The second kappa shape index (κ2) is 6.12. The van der Waals surface area contributed by atoms with Crippen LogP contribution in [0.2, 0.25) is 0 Å². The van der Waals surface area contributed by atoms with Gasteiger partial charge in [0.25, 0.3) is 5.91 Å². The van der Waals surface area contributed by atoms with Gasteiger partial charge in [-0.15, -0.1) is 17.9 Å². The molecule has 0 radical (unpaired) electrons. The van der Waals surface area contributed by atoms with Crippen LogP contribution in [0, 0.1) is 0 Å². The van der Waals surface area contributed by atoms with E-state index in [-0.39, 0.29) is 5.91 Å². The van der Waals surface area contributed by atoms with Gasteiger partial charge in [-0.05, 0) is 23.6 Å². The molecule has 2 rings (SSSR count). The van der Waals surface area contributed by atoms with Crippen molar-refractivity contribution in [2.75, 3.05) is 6.54 Å². The molecule has 0 saturated carbocycles. The number of amides is 1. The summed E-state index contributed by atoms with van der Waals surface area (Å²) in [6.45, 7) is 4.86. The van der Waals surface area contributed by atoms with E-state index in [0.717, 1.165) is 0 Å². The van der Waals surface area contributed by atoms with E-state index in [1.54, 1.807) is 46.8 Å². The minimum atomic E-state index is 0.00528. The molecule has 0 aliphatic rings. The quantitative estimate of drug-likeness (QED) is 0.772. The predicted octanol–water partition coefficient (Wildman–Crippen LogP) is 2.97. The summed E-state index contributed by atoms with van der Waals surface area (Å²) < 4.78 is 0. The van der Waals surface area contributed by atoms with Gasteiger partial charge >= 0.3 is 0 Å². The smallest absolute Gasteiger partial charge is 0.254 e. The van der Waals surface area contributed by atoms with Crippen molar-refractivity contribution < 1.29 is 4.79 Å². The summed E-state index contributed by atoms with van der Waals surface area (Å²) in [5.74, 6) is 0.00528. The van der Waals surface area contributed by atoms with E-state index in [2.05, 4.69) is 11.6 Å². The average molecular weight is 258 g/mol. The third-order valence-corrected chi connectivity index (χ3v) is 3.35. The molecular weight excluding hydrogens is 244 g/mol. The largest absolute Gasteiger partial charge is 0.330 e. The third-order valence-electron chi connectivity index (χ3n) is 2.49. The lowest BCUT2D eigenvalue weighted by Gasteiger charge is -2.20. The first-order chi connectivity index (χ1) is 8.81. The molecule has 1 amide bonds. The van der Waals surface area contributed by atoms with Crippen molar-refractivity contribution >= 4 is 17.2 Å². The zero-order valence-electron chi connectivity index (χ0n) is 9.95. The van der Waals surface area contributed by atoms with Crippen LogP contribution in [0.4, 0.5) is 0 Å². The molecule has 0 fully saturated rings. The highest BCUT2D eigenvalue weighted by Crippen LogP contribution is 2.14. The fourth-order valence-corrected chi connectivity index (χ4v) is 2.36. The minimum Gasteiger partial charge on any atom is -0.330 e. The standard InChI is InChI=1S/C14H14N2OS/c1-2-9-16(11-13-4-3-10-18-13)14(17)12-5-7-15-8-6-12/h2-8,10H,1,9,11H2. The second-order valence-corrected chi connectivity index (χ2v) is 4.82. The monoisotopic (exact) mass is 258 g/mol. The molecule has 4 heteroatoms. The topological polar surface area (TPSA) is 33.2 Å². The van der Waals surface area contributed by atoms with Gasteiger partial charge in [0.1, 0.15) is 0 Å². The molecule has 0 aromatic carbocycles. The lowest BCUT2D eigenvalue weighted by molar-refractivity contribution is 0.0764. The van der Waals surface area contributed by atoms with E-state index in [9.17, 15) is 4.79 Å². The van der Waals surface area contributed by atoms with Gasteiger partial charge in [-0.25, -0.2) is 0 Å². The van der Waals surface area contributed by atoms with E-state index in [1.807, 2.05) is 17.5 Å². The van der Waals surface area contributed by atoms with Gasteiger partial charge < -0.3 is 4.90 Å². The summed E-state index contributed by atoms with van der Waals surface area (Å²) in [5.41, 5.74) is 0.656. The van der Waals surface area contributed by atoms with Crippen LogP contribution in [0.25, 0.3) is 0 Å². The molecule has 0 aliphatic carbocycles. The number of rotatable bonds is 5. The van der Waals surface area contributed by atoms with Gasteiger partial charge in [0, 0.05) is 29.4 Å². The summed E-state index contributed by atoms with van der Waals surface area (Å²) in [6.07, 6.45) is 5.00. The SMILES string of the molecule is C=CCN(Cc1cccs1)C(=O)c1ccncc1. The van der Waals surface area contributed by atoms with Crippen molar-refractivity contribution in [2.45, 2.75) is 6.54 Å². The lowest BCUT2D eigenvalue weighted by atomic mass is 10.2. The molecule has 2 aromatic heterocycles. The van der Waals surface area contributed by atoms with E-state index in [1.165, 1.54) is 4.88 Å². The highest BCUT2D eigenvalue weighted by Gasteiger charge is 2.14. The number of pyridine rings is 1. The Morgan fingerprint density at radius 1 is 1.39 bits per heavy atom. The first-order valence-corrected chi connectivity index (χ1v) is 6.52. The van der Waals surface area contributed by atoms with Gasteiger partial charge in [0.05, 0.1) is 6.54 Å². The highest BCUT2D eigenvalue weighted by molar-refractivity contribution is 7.09. The number of aromatic nitrogens is 1. The molecule has 2 heterocycles. The van der Waals surface area contributed by atoms with Crippen molar-refractivity contribution in [2.24, 2.45) is 0 Å². The van der Waals surface area contributed by atoms with Crippen LogP contribution in [-0.4, -0.2) is 22.3 Å². The number of hydrogen-bond donors (Lipinski definition) is 0. The maximum Gasteiger partial charge on any atom is 0.254 e.